The maximum absolute atomic E-state index is 11.7. The van der Waals surface area contributed by atoms with Gasteiger partial charge in [-0.3, -0.25) is 9.79 Å². The zero-order valence-corrected chi connectivity index (χ0v) is 15.5. The summed E-state index contributed by atoms with van der Waals surface area (Å²) in [5, 5.41) is 6.32. The maximum Gasteiger partial charge on any atom is 0.220 e. The first-order valence-corrected chi connectivity index (χ1v) is 9.05. The van der Waals surface area contributed by atoms with Crippen LogP contribution in [0.5, 0.6) is 5.75 Å². The minimum atomic E-state index is 0.155. The molecule has 2 N–H and O–H groups in total. The van der Waals surface area contributed by atoms with E-state index >= 15 is 0 Å². The lowest BCUT2D eigenvalue weighted by Gasteiger charge is -2.22. The molecule has 1 aliphatic carbocycles. The Balaban J connectivity index is 1.70. The van der Waals surface area contributed by atoms with Gasteiger partial charge in [0, 0.05) is 39.6 Å². The molecule has 1 saturated carbocycles. The minimum Gasteiger partial charge on any atom is -0.494 e. The molecule has 0 aliphatic heterocycles. The Morgan fingerprint density at radius 2 is 2.04 bits per heavy atom. The average molecular weight is 346 g/mol. The van der Waals surface area contributed by atoms with Crippen LogP contribution in [-0.4, -0.2) is 50.1 Å². The third-order valence-electron chi connectivity index (χ3n) is 4.03. The Morgan fingerprint density at radius 3 is 2.64 bits per heavy atom. The molecule has 0 radical (unpaired) electrons. The van der Waals surface area contributed by atoms with Gasteiger partial charge in [0.2, 0.25) is 5.91 Å². The van der Waals surface area contributed by atoms with Crippen LogP contribution in [0.4, 0.5) is 0 Å². The standard InChI is InChI=1S/C19H30N4O2/c1-4-25-17-11-7-15(8-12-17)14-23(3)19(20-2)21-13-5-6-18(24)22-16-9-10-16/h7-8,11-12,16H,4-6,9-10,13-14H2,1-3H3,(H,20,21)(H,22,24). The number of amides is 1. The van der Waals surface area contributed by atoms with Gasteiger partial charge < -0.3 is 20.3 Å². The number of hydrogen-bond donors (Lipinski definition) is 2. The monoisotopic (exact) mass is 346 g/mol. The molecule has 0 unspecified atom stereocenters. The van der Waals surface area contributed by atoms with E-state index in [-0.39, 0.29) is 5.91 Å². The summed E-state index contributed by atoms with van der Waals surface area (Å²) >= 11 is 0. The molecule has 6 nitrogen and oxygen atoms in total. The molecular weight excluding hydrogens is 316 g/mol. The summed E-state index contributed by atoms with van der Waals surface area (Å²) < 4.78 is 5.46. The SMILES string of the molecule is CCOc1ccc(CN(C)C(=NC)NCCCC(=O)NC2CC2)cc1. The zero-order valence-electron chi connectivity index (χ0n) is 15.5. The molecule has 1 aromatic carbocycles. The van der Waals surface area contributed by atoms with Crippen molar-refractivity contribution in [2.24, 2.45) is 4.99 Å². The first kappa shape index (κ1) is 19.1. The number of rotatable bonds is 9. The number of nitrogens with zero attached hydrogens (tertiary/aromatic N) is 2. The van der Waals surface area contributed by atoms with Crippen LogP contribution in [-0.2, 0) is 11.3 Å². The second-order valence-corrected chi connectivity index (χ2v) is 6.35. The van der Waals surface area contributed by atoms with E-state index in [9.17, 15) is 4.79 Å². The smallest absolute Gasteiger partial charge is 0.220 e. The van der Waals surface area contributed by atoms with Crippen LogP contribution in [0.3, 0.4) is 0 Å². The first-order chi connectivity index (χ1) is 12.1. The van der Waals surface area contributed by atoms with Gasteiger partial charge in [0.05, 0.1) is 6.61 Å². The van der Waals surface area contributed by atoms with Crippen molar-refractivity contribution in [3.8, 4) is 5.75 Å². The van der Waals surface area contributed by atoms with Crippen molar-refractivity contribution in [1.29, 1.82) is 0 Å². The Kier molecular flexibility index (Phi) is 7.57. The second kappa shape index (κ2) is 9.91. The van der Waals surface area contributed by atoms with Crippen LogP contribution >= 0.6 is 0 Å². The van der Waals surface area contributed by atoms with E-state index in [1.165, 1.54) is 5.56 Å². The molecule has 1 amide bonds. The van der Waals surface area contributed by atoms with Gasteiger partial charge in [-0.05, 0) is 43.9 Å². The van der Waals surface area contributed by atoms with Crippen molar-refractivity contribution in [2.45, 2.75) is 45.2 Å². The number of carbonyl (C=O) groups excluding carboxylic acids is 1. The fraction of sp³-hybridized carbons (Fsp3) is 0.579. The fourth-order valence-electron chi connectivity index (χ4n) is 2.57. The molecule has 1 aliphatic rings. The Hall–Kier alpha value is -2.24. The Bertz CT molecular complexity index is 567. The number of hydrogen-bond acceptors (Lipinski definition) is 3. The van der Waals surface area contributed by atoms with E-state index in [1.807, 2.05) is 26.1 Å². The van der Waals surface area contributed by atoms with Crippen molar-refractivity contribution in [1.82, 2.24) is 15.5 Å². The van der Waals surface area contributed by atoms with Gasteiger partial charge in [-0.15, -0.1) is 0 Å². The van der Waals surface area contributed by atoms with Crippen LogP contribution in [0, 0.1) is 0 Å². The van der Waals surface area contributed by atoms with E-state index in [2.05, 4.69) is 32.7 Å². The van der Waals surface area contributed by atoms with E-state index < -0.39 is 0 Å². The molecule has 1 aromatic rings. The first-order valence-electron chi connectivity index (χ1n) is 9.05. The summed E-state index contributed by atoms with van der Waals surface area (Å²) in [6, 6.07) is 8.55. The van der Waals surface area contributed by atoms with Crippen molar-refractivity contribution in [3.63, 3.8) is 0 Å². The molecule has 0 bridgehead atoms. The van der Waals surface area contributed by atoms with E-state index in [0.29, 0.717) is 19.1 Å². The highest BCUT2D eigenvalue weighted by Gasteiger charge is 2.22. The van der Waals surface area contributed by atoms with Gasteiger partial charge in [0.25, 0.3) is 0 Å². The van der Waals surface area contributed by atoms with E-state index in [4.69, 9.17) is 4.74 Å². The highest BCUT2D eigenvalue weighted by molar-refractivity contribution is 5.80. The summed E-state index contributed by atoms with van der Waals surface area (Å²) in [5.41, 5.74) is 1.19. The molecule has 2 rings (SSSR count). The molecule has 1 fully saturated rings. The normalized spacial score (nSPS) is 14.1. The maximum atomic E-state index is 11.7. The predicted octanol–water partition coefficient (Wildman–Crippen LogP) is 2.15. The Labute approximate surface area is 150 Å². The van der Waals surface area contributed by atoms with Crippen LogP contribution in [0.2, 0.25) is 0 Å². The van der Waals surface area contributed by atoms with Crippen LogP contribution in [0.1, 0.15) is 38.2 Å². The highest BCUT2D eigenvalue weighted by Crippen LogP contribution is 2.18. The molecule has 6 heteroatoms. The van der Waals surface area contributed by atoms with E-state index in [1.54, 1.807) is 7.05 Å². The molecule has 0 spiro atoms. The fourth-order valence-corrected chi connectivity index (χ4v) is 2.57. The number of carbonyl (C=O) groups is 1. The lowest BCUT2D eigenvalue weighted by Crippen LogP contribution is -2.39. The lowest BCUT2D eigenvalue weighted by atomic mass is 10.2. The van der Waals surface area contributed by atoms with Gasteiger partial charge in [0.1, 0.15) is 5.75 Å². The predicted molar refractivity (Wildman–Crippen MR) is 101 cm³/mol. The third-order valence-corrected chi connectivity index (χ3v) is 4.03. The van der Waals surface area contributed by atoms with Gasteiger partial charge >= 0.3 is 0 Å². The summed E-state index contributed by atoms with van der Waals surface area (Å²) in [5.74, 6) is 1.87. The highest BCUT2D eigenvalue weighted by atomic mass is 16.5. The molecule has 25 heavy (non-hydrogen) atoms. The summed E-state index contributed by atoms with van der Waals surface area (Å²) in [6.07, 6.45) is 3.62. The summed E-state index contributed by atoms with van der Waals surface area (Å²) in [4.78, 5) is 18.0. The second-order valence-electron chi connectivity index (χ2n) is 6.35. The lowest BCUT2D eigenvalue weighted by molar-refractivity contribution is -0.121. The molecule has 0 aromatic heterocycles. The minimum absolute atomic E-state index is 0.155. The third kappa shape index (κ3) is 7.03. The molecular formula is C19H30N4O2. The average Bonchev–Trinajstić information content (AvgIpc) is 3.40. The van der Waals surface area contributed by atoms with Crippen LogP contribution < -0.4 is 15.4 Å². The molecule has 0 atom stereocenters. The van der Waals surface area contributed by atoms with Crippen molar-refractivity contribution in [3.05, 3.63) is 29.8 Å². The van der Waals surface area contributed by atoms with Gasteiger partial charge in [-0.1, -0.05) is 12.1 Å². The van der Waals surface area contributed by atoms with Gasteiger partial charge in [0.15, 0.2) is 5.96 Å². The van der Waals surface area contributed by atoms with Crippen molar-refractivity contribution in [2.75, 3.05) is 27.2 Å². The van der Waals surface area contributed by atoms with Crippen molar-refractivity contribution >= 4 is 11.9 Å². The largest absolute Gasteiger partial charge is 0.494 e. The number of nitrogens with one attached hydrogen (secondary N) is 2. The molecule has 0 saturated heterocycles. The topological polar surface area (TPSA) is 66.0 Å². The molecule has 0 heterocycles. The molecule has 138 valence electrons. The van der Waals surface area contributed by atoms with Crippen LogP contribution in [0.15, 0.2) is 29.3 Å². The zero-order chi connectivity index (χ0) is 18.1. The number of benzene rings is 1. The Morgan fingerprint density at radius 1 is 1.32 bits per heavy atom. The van der Waals surface area contributed by atoms with Crippen molar-refractivity contribution < 1.29 is 9.53 Å². The summed E-state index contributed by atoms with van der Waals surface area (Å²) in [6.45, 7) is 4.15. The van der Waals surface area contributed by atoms with Gasteiger partial charge in [-0.25, -0.2) is 0 Å². The van der Waals surface area contributed by atoms with Gasteiger partial charge in [-0.2, -0.15) is 0 Å². The van der Waals surface area contributed by atoms with Crippen LogP contribution in [0.25, 0.3) is 0 Å². The van der Waals surface area contributed by atoms with E-state index in [0.717, 1.165) is 44.1 Å². The quantitative estimate of drug-likeness (QED) is 0.408. The summed E-state index contributed by atoms with van der Waals surface area (Å²) in [7, 11) is 3.78. The number of guanidine groups is 1. The number of ether oxygens (including phenoxy) is 1. The number of aliphatic imine (C=N–C) groups is 1.